The summed E-state index contributed by atoms with van der Waals surface area (Å²) in [6.07, 6.45) is -1.55. The van der Waals surface area contributed by atoms with Crippen LogP contribution in [0.25, 0.3) is 0 Å². The van der Waals surface area contributed by atoms with Crippen molar-refractivity contribution in [1.29, 1.82) is 0 Å². The van der Waals surface area contributed by atoms with E-state index in [9.17, 15) is 9.59 Å². The second kappa shape index (κ2) is 1.70. The number of hydrogen-bond acceptors (Lipinski definition) is 3. The fourth-order valence-electron chi connectivity index (χ4n) is 0.545. The summed E-state index contributed by atoms with van der Waals surface area (Å²) in [6, 6.07) is 0. The molecule has 2 unspecified atom stereocenters. The Morgan fingerprint density at radius 2 is 1.44 bits per heavy atom. The number of epoxide rings is 1. The first-order valence-electron chi connectivity index (χ1n) is 2.37. The zero-order chi connectivity index (χ0) is 7.02. The molecule has 1 aliphatic rings. The molecular formula is C4H6N2O3. The maximum Gasteiger partial charge on any atom is 0.249 e. The van der Waals surface area contributed by atoms with E-state index in [1.54, 1.807) is 0 Å². The second-order valence-electron chi connectivity index (χ2n) is 1.78. The summed E-state index contributed by atoms with van der Waals surface area (Å²) >= 11 is 0. The van der Waals surface area contributed by atoms with Crippen LogP contribution in [0.15, 0.2) is 0 Å². The van der Waals surface area contributed by atoms with Crippen LogP contribution in [0.1, 0.15) is 0 Å². The Bertz CT molecular complexity index is 149. The first-order valence-corrected chi connectivity index (χ1v) is 2.37. The van der Waals surface area contributed by atoms with Gasteiger partial charge in [0.15, 0.2) is 12.2 Å². The lowest BCUT2D eigenvalue weighted by Gasteiger charge is -1.80. The van der Waals surface area contributed by atoms with Gasteiger partial charge in [0.25, 0.3) is 0 Å². The predicted molar refractivity (Wildman–Crippen MR) is 27.0 cm³/mol. The highest BCUT2D eigenvalue weighted by Gasteiger charge is 2.48. The van der Waals surface area contributed by atoms with E-state index in [0.717, 1.165) is 0 Å². The zero-order valence-electron chi connectivity index (χ0n) is 4.53. The van der Waals surface area contributed by atoms with Crippen LogP contribution in [-0.4, -0.2) is 24.0 Å². The molecule has 2 atom stereocenters. The highest BCUT2D eigenvalue weighted by molar-refractivity contribution is 5.93. The number of carbonyl (C=O) groups excluding carboxylic acids is 2. The van der Waals surface area contributed by atoms with Gasteiger partial charge in [0.1, 0.15) is 0 Å². The normalized spacial score (nSPS) is 31.6. The third-order valence-electron chi connectivity index (χ3n) is 1.05. The van der Waals surface area contributed by atoms with Crippen LogP contribution in [0.2, 0.25) is 0 Å². The summed E-state index contributed by atoms with van der Waals surface area (Å²) in [5, 5.41) is 0. The lowest BCUT2D eigenvalue weighted by Crippen LogP contribution is -2.26. The summed E-state index contributed by atoms with van der Waals surface area (Å²) in [5.41, 5.74) is 9.51. The van der Waals surface area contributed by atoms with Gasteiger partial charge < -0.3 is 16.2 Å². The minimum absolute atomic E-state index is 0.640. The van der Waals surface area contributed by atoms with Gasteiger partial charge in [-0.3, -0.25) is 9.59 Å². The van der Waals surface area contributed by atoms with Crippen molar-refractivity contribution in [3.8, 4) is 0 Å². The molecule has 0 aromatic heterocycles. The second-order valence-corrected chi connectivity index (χ2v) is 1.78. The van der Waals surface area contributed by atoms with Gasteiger partial charge in [-0.1, -0.05) is 0 Å². The van der Waals surface area contributed by atoms with Crippen LogP contribution in [0, 0.1) is 0 Å². The molecule has 0 aromatic carbocycles. The van der Waals surface area contributed by atoms with E-state index in [1.807, 2.05) is 0 Å². The van der Waals surface area contributed by atoms with Crippen molar-refractivity contribution < 1.29 is 14.3 Å². The fraction of sp³-hybridized carbons (Fsp3) is 0.500. The van der Waals surface area contributed by atoms with Gasteiger partial charge in [-0.05, 0) is 0 Å². The summed E-state index contributed by atoms with van der Waals surface area (Å²) < 4.78 is 4.49. The zero-order valence-corrected chi connectivity index (χ0v) is 4.53. The Labute approximate surface area is 50.9 Å². The Kier molecular flexibility index (Phi) is 1.14. The van der Waals surface area contributed by atoms with Gasteiger partial charge in [-0.15, -0.1) is 0 Å². The number of ether oxygens (including phenoxy) is 1. The lowest BCUT2D eigenvalue weighted by atomic mass is 10.3. The number of carbonyl (C=O) groups is 2. The SMILES string of the molecule is NC(=O)C1OC1C(N)=O. The molecule has 1 fully saturated rings. The van der Waals surface area contributed by atoms with Gasteiger partial charge in [-0.2, -0.15) is 0 Å². The van der Waals surface area contributed by atoms with Crippen LogP contribution in [-0.2, 0) is 14.3 Å². The summed E-state index contributed by atoms with van der Waals surface area (Å²) in [6.45, 7) is 0. The molecule has 0 spiro atoms. The van der Waals surface area contributed by atoms with Gasteiger partial charge in [0, 0.05) is 0 Å². The maximum absolute atomic E-state index is 10.2. The van der Waals surface area contributed by atoms with Crippen molar-refractivity contribution in [3.05, 3.63) is 0 Å². The molecule has 2 amide bonds. The molecule has 1 heterocycles. The van der Waals surface area contributed by atoms with Crippen molar-refractivity contribution in [1.82, 2.24) is 0 Å². The van der Waals surface area contributed by atoms with Crippen LogP contribution in [0.5, 0.6) is 0 Å². The average molecular weight is 130 g/mol. The van der Waals surface area contributed by atoms with Crippen molar-refractivity contribution in [2.45, 2.75) is 12.2 Å². The van der Waals surface area contributed by atoms with Crippen molar-refractivity contribution in [2.24, 2.45) is 11.5 Å². The minimum atomic E-state index is -0.775. The smallest absolute Gasteiger partial charge is 0.249 e. The molecule has 1 rings (SSSR count). The first kappa shape index (κ1) is 6.03. The Morgan fingerprint density at radius 3 is 1.56 bits per heavy atom. The molecule has 0 radical (unpaired) electrons. The Hall–Kier alpha value is -1.10. The Morgan fingerprint density at radius 1 is 1.11 bits per heavy atom. The molecule has 5 nitrogen and oxygen atoms in total. The quantitative estimate of drug-likeness (QED) is 0.412. The van der Waals surface area contributed by atoms with Crippen molar-refractivity contribution in [3.63, 3.8) is 0 Å². The van der Waals surface area contributed by atoms with E-state index in [4.69, 9.17) is 11.5 Å². The molecule has 4 N–H and O–H groups in total. The lowest BCUT2D eigenvalue weighted by molar-refractivity contribution is -0.121. The van der Waals surface area contributed by atoms with E-state index in [2.05, 4.69) is 4.74 Å². The molecule has 1 saturated heterocycles. The topological polar surface area (TPSA) is 98.7 Å². The fourth-order valence-corrected chi connectivity index (χ4v) is 0.545. The molecule has 50 valence electrons. The number of hydrogen-bond donors (Lipinski definition) is 2. The van der Waals surface area contributed by atoms with Crippen molar-refractivity contribution in [2.75, 3.05) is 0 Å². The molecule has 0 bridgehead atoms. The number of rotatable bonds is 2. The van der Waals surface area contributed by atoms with Crippen LogP contribution in [0.3, 0.4) is 0 Å². The van der Waals surface area contributed by atoms with Crippen LogP contribution in [0.4, 0.5) is 0 Å². The van der Waals surface area contributed by atoms with Crippen molar-refractivity contribution >= 4 is 11.8 Å². The molecular weight excluding hydrogens is 124 g/mol. The molecule has 9 heavy (non-hydrogen) atoms. The largest absolute Gasteiger partial charge is 0.367 e. The van der Waals surface area contributed by atoms with Crippen LogP contribution >= 0.6 is 0 Å². The van der Waals surface area contributed by atoms with Gasteiger partial charge in [0.05, 0.1) is 0 Å². The summed E-state index contributed by atoms with van der Waals surface area (Å²) in [5.74, 6) is -1.28. The third-order valence-corrected chi connectivity index (χ3v) is 1.05. The van der Waals surface area contributed by atoms with E-state index in [1.165, 1.54) is 0 Å². The molecule has 0 aromatic rings. The average Bonchev–Trinajstić information content (AvgIpc) is 2.39. The molecule has 5 heteroatoms. The highest BCUT2D eigenvalue weighted by Crippen LogP contribution is 2.20. The Balaban J connectivity index is 2.42. The van der Waals surface area contributed by atoms with E-state index < -0.39 is 24.0 Å². The van der Waals surface area contributed by atoms with Gasteiger partial charge >= 0.3 is 0 Å². The number of primary amides is 2. The van der Waals surface area contributed by atoms with Gasteiger partial charge in [-0.25, -0.2) is 0 Å². The first-order chi connectivity index (χ1) is 4.13. The molecule has 1 aliphatic heterocycles. The van der Waals surface area contributed by atoms with E-state index in [0.29, 0.717) is 0 Å². The van der Waals surface area contributed by atoms with E-state index in [-0.39, 0.29) is 0 Å². The molecule has 0 saturated carbocycles. The standard InChI is InChI=1S/C4H6N2O3/c5-3(7)1-2(9-1)4(6)8/h1-2H,(H2,5,7)(H2,6,8). The summed E-state index contributed by atoms with van der Waals surface area (Å²) in [4.78, 5) is 20.3. The predicted octanol–water partition coefficient (Wildman–Crippen LogP) is -2.28. The highest BCUT2D eigenvalue weighted by atomic mass is 16.6. The monoisotopic (exact) mass is 130 g/mol. The van der Waals surface area contributed by atoms with Crippen LogP contribution < -0.4 is 11.5 Å². The summed E-state index contributed by atoms with van der Waals surface area (Å²) in [7, 11) is 0. The number of amides is 2. The maximum atomic E-state index is 10.2. The van der Waals surface area contributed by atoms with E-state index >= 15 is 0 Å². The minimum Gasteiger partial charge on any atom is -0.367 e. The third kappa shape index (κ3) is 0.996. The van der Waals surface area contributed by atoms with Gasteiger partial charge in [0.2, 0.25) is 11.8 Å². The molecule has 0 aliphatic carbocycles. The number of nitrogens with two attached hydrogens (primary N) is 2.